The van der Waals surface area contributed by atoms with Crippen molar-refractivity contribution in [2.24, 2.45) is 5.92 Å². The van der Waals surface area contributed by atoms with Crippen LogP contribution in [-0.4, -0.2) is 28.9 Å². The third kappa shape index (κ3) is 2.32. The van der Waals surface area contributed by atoms with Crippen LogP contribution in [0.3, 0.4) is 0 Å². The van der Waals surface area contributed by atoms with Gasteiger partial charge in [-0.3, -0.25) is 9.59 Å². The molecule has 1 amide bonds. The molecule has 4 heteroatoms. The molecule has 4 nitrogen and oxygen atoms in total. The summed E-state index contributed by atoms with van der Waals surface area (Å²) < 4.78 is 0. The van der Waals surface area contributed by atoms with Gasteiger partial charge in [0.15, 0.2) is 5.43 Å². The van der Waals surface area contributed by atoms with Gasteiger partial charge in [0.25, 0.3) is 5.91 Å². The molecule has 1 aliphatic rings. The highest BCUT2D eigenvalue weighted by molar-refractivity contribution is 5.93. The van der Waals surface area contributed by atoms with Gasteiger partial charge < -0.3 is 9.88 Å². The molecule has 2 rings (SSSR count). The summed E-state index contributed by atoms with van der Waals surface area (Å²) in [6, 6.07) is 1.39. The average molecular weight is 220 g/mol. The van der Waals surface area contributed by atoms with Crippen molar-refractivity contribution in [3.63, 3.8) is 0 Å². The second-order valence-electron chi connectivity index (χ2n) is 4.21. The van der Waals surface area contributed by atoms with E-state index in [1.54, 1.807) is 4.90 Å². The van der Waals surface area contributed by atoms with Gasteiger partial charge in [-0.15, -0.1) is 0 Å². The number of H-pyrrole nitrogens is 1. The summed E-state index contributed by atoms with van der Waals surface area (Å²) in [6.07, 6.45) is 5.43. The minimum Gasteiger partial charge on any atom is -0.367 e. The van der Waals surface area contributed by atoms with Gasteiger partial charge in [0, 0.05) is 31.5 Å². The fourth-order valence-electron chi connectivity index (χ4n) is 1.72. The van der Waals surface area contributed by atoms with E-state index in [-0.39, 0.29) is 16.9 Å². The molecule has 0 bridgehead atoms. The Labute approximate surface area is 94.3 Å². The van der Waals surface area contributed by atoms with E-state index in [1.165, 1.54) is 31.3 Å². The molecule has 0 saturated heterocycles. The summed E-state index contributed by atoms with van der Waals surface area (Å²) in [5.74, 6) is 0.489. The van der Waals surface area contributed by atoms with E-state index in [0.29, 0.717) is 12.5 Å². The standard InChI is InChI=1S/C12H16N2O2/c1-2-14(8-9-3-4-9)12(16)10-7-13-6-5-11(10)15/h5-7,9H,2-4,8H2,1H3,(H,13,15). The van der Waals surface area contributed by atoms with Gasteiger partial charge in [-0.2, -0.15) is 0 Å². The highest BCUT2D eigenvalue weighted by Gasteiger charge is 2.27. The van der Waals surface area contributed by atoms with Crippen LogP contribution >= 0.6 is 0 Å². The van der Waals surface area contributed by atoms with E-state index in [4.69, 9.17) is 0 Å². The summed E-state index contributed by atoms with van der Waals surface area (Å²) >= 11 is 0. The smallest absolute Gasteiger partial charge is 0.259 e. The monoisotopic (exact) mass is 220 g/mol. The van der Waals surface area contributed by atoms with E-state index < -0.39 is 0 Å². The second kappa shape index (κ2) is 4.51. The van der Waals surface area contributed by atoms with E-state index in [0.717, 1.165) is 6.54 Å². The van der Waals surface area contributed by atoms with Crippen LogP contribution in [-0.2, 0) is 0 Å². The van der Waals surface area contributed by atoms with Crippen LogP contribution in [0.15, 0.2) is 23.3 Å². The first-order chi connectivity index (χ1) is 7.72. The summed E-state index contributed by atoms with van der Waals surface area (Å²) in [5, 5.41) is 0. The number of carbonyl (C=O) groups is 1. The van der Waals surface area contributed by atoms with Crippen molar-refractivity contribution in [2.75, 3.05) is 13.1 Å². The number of rotatable bonds is 4. The molecule has 0 atom stereocenters. The third-order valence-corrected chi connectivity index (χ3v) is 2.90. The van der Waals surface area contributed by atoms with Crippen molar-refractivity contribution in [3.8, 4) is 0 Å². The molecule has 1 heterocycles. The molecule has 1 aliphatic carbocycles. The molecule has 86 valence electrons. The van der Waals surface area contributed by atoms with E-state index in [1.807, 2.05) is 6.92 Å². The quantitative estimate of drug-likeness (QED) is 0.830. The zero-order valence-corrected chi connectivity index (χ0v) is 9.40. The molecule has 1 fully saturated rings. The maximum absolute atomic E-state index is 12.1. The zero-order valence-electron chi connectivity index (χ0n) is 9.40. The molecular weight excluding hydrogens is 204 g/mol. The molecule has 0 aliphatic heterocycles. The van der Waals surface area contributed by atoms with E-state index in [2.05, 4.69) is 4.98 Å². The van der Waals surface area contributed by atoms with Crippen LogP contribution in [0.4, 0.5) is 0 Å². The Morgan fingerprint density at radius 3 is 2.88 bits per heavy atom. The Hall–Kier alpha value is -1.58. The zero-order chi connectivity index (χ0) is 11.5. The number of aromatic nitrogens is 1. The summed E-state index contributed by atoms with van der Waals surface area (Å²) in [7, 11) is 0. The number of carbonyl (C=O) groups excluding carboxylic acids is 1. The fraction of sp³-hybridized carbons (Fsp3) is 0.500. The predicted molar refractivity (Wildman–Crippen MR) is 61.4 cm³/mol. The largest absolute Gasteiger partial charge is 0.367 e. The van der Waals surface area contributed by atoms with Gasteiger partial charge >= 0.3 is 0 Å². The maximum Gasteiger partial charge on any atom is 0.259 e. The van der Waals surface area contributed by atoms with Gasteiger partial charge in [-0.25, -0.2) is 0 Å². The van der Waals surface area contributed by atoms with Gasteiger partial charge in [-0.1, -0.05) is 0 Å². The number of nitrogens with zero attached hydrogens (tertiary/aromatic N) is 1. The summed E-state index contributed by atoms with van der Waals surface area (Å²) in [4.78, 5) is 28.1. The minimum absolute atomic E-state index is 0.156. The number of nitrogens with one attached hydrogen (secondary N) is 1. The highest BCUT2D eigenvalue weighted by Crippen LogP contribution is 2.29. The number of amides is 1. The number of aromatic amines is 1. The Kier molecular flexibility index (Phi) is 3.08. The predicted octanol–water partition coefficient (Wildman–Crippen LogP) is 1.25. The van der Waals surface area contributed by atoms with Crippen molar-refractivity contribution >= 4 is 5.91 Å². The van der Waals surface area contributed by atoms with Crippen LogP contribution in [0.5, 0.6) is 0 Å². The van der Waals surface area contributed by atoms with Crippen molar-refractivity contribution in [1.29, 1.82) is 0 Å². The van der Waals surface area contributed by atoms with Crippen LogP contribution < -0.4 is 5.43 Å². The molecule has 0 aromatic carbocycles. The summed E-state index contributed by atoms with van der Waals surface area (Å²) in [5.41, 5.74) is 0.0306. The third-order valence-electron chi connectivity index (χ3n) is 2.90. The lowest BCUT2D eigenvalue weighted by molar-refractivity contribution is 0.0755. The van der Waals surface area contributed by atoms with Crippen molar-refractivity contribution < 1.29 is 4.79 Å². The van der Waals surface area contributed by atoms with Gasteiger partial charge in [0.05, 0.1) is 0 Å². The van der Waals surface area contributed by atoms with Crippen molar-refractivity contribution in [2.45, 2.75) is 19.8 Å². The number of hydrogen-bond donors (Lipinski definition) is 1. The van der Waals surface area contributed by atoms with Crippen molar-refractivity contribution in [3.05, 3.63) is 34.2 Å². The SMILES string of the molecule is CCN(CC1CC1)C(=O)c1c[nH]ccc1=O. The lowest BCUT2D eigenvalue weighted by Crippen LogP contribution is -2.35. The Morgan fingerprint density at radius 2 is 2.31 bits per heavy atom. The maximum atomic E-state index is 12.1. The molecule has 1 N–H and O–H groups in total. The molecule has 1 aromatic rings. The van der Waals surface area contributed by atoms with Crippen molar-refractivity contribution in [1.82, 2.24) is 9.88 Å². The molecule has 1 saturated carbocycles. The van der Waals surface area contributed by atoms with E-state index >= 15 is 0 Å². The Morgan fingerprint density at radius 1 is 1.56 bits per heavy atom. The van der Waals surface area contributed by atoms with E-state index in [9.17, 15) is 9.59 Å². The normalized spacial score (nSPS) is 14.8. The Balaban J connectivity index is 2.15. The summed E-state index contributed by atoms with van der Waals surface area (Å²) in [6.45, 7) is 3.38. The minimum atomic E-state index is -0.210. The number of hydrogen-bond acceptors (Lipinski definition) is 2. The lowest BCUT2D eigenvalue weighted by Gasteiger charge is -2.20. The van der Waals surface area contributed by atoms with Gasteiger partial charge in [0.2, 0.25) is 0 Å². The van der Waals surface area contributed by atoms with Crippen LogP contribution in [0.25, 0.3) is 0 Å². The second-order valence-corrected chi connectivity index (χ2v) is 4.21. The highest BCUT2D eigenvalue weighted by atomic mass is 16.2. The van der Waals surface area contributed by atoms with Crippen LogP contribution in [0.2, 0.25) is 0 Å². The lowest BCUT2D eigenvalue weighted by atomic mass is 10.2. The number of pyridine rings is 1. The van der Waals surface area contributed by atoms with Gasteiger partial charge in [-0.05, 0) is 25.7 Å². The molecule has 16 heavy (non-hydrogen) atoms. The molecule has 0 spiro atoms. The fourth-order valence-corrected chi connectivity index (χ4v) is 1.72. The Bertz CT molecular complexity index is 435. The first kappa shape index (κ1) is 10.9. The average Bonchev–Trinajstić information content (AvgIpc) is 3.09. The topological polar surface area (TPSA) is 53.2 Å². The van der Waals surface area contributed by atoms with Gasteiger partial charge in [0.1, 0.15) is 5.56 Å². The molecular formula is C12H16N2O2. The first-order valence-corrected chi connectivity index (χ1v) is 5.68. The van der Waals surface area contributed by atoms with Crippen LogP contribution in [0.1, 0.15) is 30.1 Å². The van der Waals surface area contributed by atoms with Crippen LogP contribution in [0, 0.1) is 5.92 Å². The molecule has 0 unspecified atom stereocenters. The molecule has 0 radical (unpaired) electrons. The first-order valence-electron chi connectivity index (χ1n) is 5.68. The molecule has 1 aromatic heterocycles.